The van der Waals surface area contributed by atoms with Crippen LogP contribution in [-0.2, 0) is 21.2 Å². The van der Waals surface area contributed by atoms with Crippen LogP contribution in [0.15, 0.2) is 16.3 Å². The molecule has 1 heterocycles. The summed E-state index contributed by atoms with van der Waals surface area (Å²) in [7, 11) is -0.252. The summed E-state index contributed by atoms with van der Waals surface area (Å²) in [4.78, 5) is 1.09. The standard InChI is InChI=1S/C14H26N2O3S2/c1-5-9-15-10-8-13-6-7-14(20-13)21(17,18)16(3)12(2)11-19-4/h6-7,12,15H,5,8-11H2,1-4H3. The number of likely N-dealkylation sites (N-methyl/N-ethyl adjacent to an activating group) is 1. The molecule has 1 unspecified atom stereocenters. The van der Waals surface area contributed by atoms with Crippen LogP contribution in [0.5, 0.6) is 0 Å². The van der Waals surface area contributed by atoms with Crippen LogP contribution >= 0.6 is 11.3 Å². The molecule has 122 valence electrons. The number of hydrogen-bond donors (Lipinski definition) is 1. The first-order chi connectivity index (χ1) is 9.93. The lowest BCUT2D eigenvalue weighted by Gasteiger charge is -2.22. The van der Waals surface area contributed by atoms with E-state index < -0.39 is 10.0 Å². The summed E-state index contributed by atoms with van der Waals surface area (Å²) < 4.78 is 31.8. The number of nitrogens with one attached hydrogen (secondary N) is 1. The molecule has 0 aromatic carbocycles. The lowest BCUT2D eigenvalue weighted by molar-refractivity contribution is 0.149. The highest BCUT2D eigenvalue weighted by Crippen LogP contribution is 2.25. The van der Waals surface area contributed by atoms with Gasteiger partial charge in [-0.25, -0.2) is 8.42 Å². The Labute approximate surface area is 132 Å². The summed E-state index contributed by atoms with van der Waals surface area (Å²) in [6.45, 7) is 6.22. The van der Waals surface area contributed by atoms with Crippen LogP contribution in [0.1, 0.15) is 25.1 Å². The maximum Gasteiger partial charge on any atom is 0.252 e. The van der Waals surface area contributed by atoms with Crippen LogP contribution < -0.4 is 5.32 Å². The van der Waals surface area contributed by atoms with Crippen molar-refractivity contribution in [2.75, 3.05) is 33.9 Å². The third-order valence-electron chi connectivity index (χ3n) is 3.27. The summed E-state index contributed by atoms with van der Waals surface area (Å²) in [5.41, 5.74) is 0. The normalized spacial score (nSPS) is 13.8. The van der Waals surface area contributed by atoms with E-state index in [4.69, 9.17) is 4.74 Å². The molecule has 1 atom stereocenters. The Bertz CT molecular complexity index is 514. The van der Waals surface area contributed by atoms with Crippen LogP contribution in [0, 0.1) is 0 Å². The molecule has 0 saturated heterocycles. The van der Waals surface area contributed by atoms with Crippen LogP contribution in [0.2, 0.25) is 0 Å². The Balaban J connectivity index is 2.69. The lowest BCUT2D eigenvalue weighted by atomic mass is 10.3. The molecule has 0 aliphatic carbocycles. The SMILES string of the molecule is CCCNCCc1ccc(S(=O)(=O)N(C)C(C)COC)s1. The third kappa shape index (κ3) is 5.34. The smallest absolute Gasteiger partial charge is 0.252 e. The van der Waals surface area contributed by atoms with Crippen molar-refractivity contribution >= 4 is 21.4 Å². The first-order valence-electron chi connectivity index (χ1n) is 7.19. The first-order valence-corrected chi connectivity index (χ1v) is 9.45. The largest absolute Gasteiger partial charge is 0.383 e. The van der Waals surface area contributed by atoms with Crippen molar-refractivity contribution in [3.8, 4) is 0 Å². The minimum atomic E-state index is -3.42. The van der Waals surface area contributed by atoms with E-state index in [1.807, 2.05) is 13.0 Å². The van der Waals surface area contributed by atoms with Gasteiger partial charge in [-0.1, -0.05) is 6.92 Å². The highest BCUT2D eigenvalue weighted by molar-refractivity contribution is 7.91. The minimum Gasteiger partial charge on any atom is -0.383 e. The van der Waals surface area contributed by atoms with Gasteiger partial charge in [-0.05, 0) is 45.0 Å². The zero-order valence-corrected chi connectivity index (χ0v) is 14.9. The molecule has 0 aliphatic heterocycles. The molecule has 1 aromatic heterocycles. The first kappa shape index (κ1) is 18.6. The van der Waals surface area contributed by atoms with Gasteiger partial charge in [0, 0.05) is 25.1 Å². The second-order valence-electron chi connectivity index (χ2n) is 5.05. The highest BCUT2D eigenvalue weighted by atomic mass is 32.2. The Kier molecular flexibility index (Phi) is 7.83. The number of hydrogen-bond acceptors (Lipinski definition) is 5. The van der Waals surface area contributed by atoms with E-state index in [0.717, 1.165) is 30.8 Å². The zero-order valence-electron chi connectivity index (χ0n) is 13.3. The zero-order chi connectivity index (χ0) is 15.9. The van der Waals surface area contributed by atoms with E-state index in [9.17, 15) is 8.42 Å². The van der Waals surface area contributed by atoms with Gasteiger partial charge in [0.1, 0.15) is 4.21 Å². The van der Waals surface area contributed by atoms with Gasteiger partial charge in [-0.3, -0.25) is 0 Å². The summed E-state index contributed by atoms with van der Waals surface area (Å²) in [5, 5.41) is 3.32. The molecule has 0 saturated carbocycles. The topological polar surface area (TPSA) is 58.6 Å². The fourth-order valence-electron chi connectivity index (χ4n) is 1.87. The molecule has 0 aliphatic rings. The molecule has 7 heteroatoms. The molecule has 0 spiro atoms. The Morgan fingerprint density at radius 2 is 2.10 bits per heavy atom. The molecule has 0 bridgehead atoms. The van der Waals surface area contributed by atoms with Crippen molar-refractivity contribution in [2.45, 2.75) is 36.9 Å². The van der Waals surface area contributed by atoms with Gasteiger partial charge in [0.2, 0.25) is 0 Å². The molecule has 0 radical (unpaired) electrons. The van der Waals surface area contributed by atoms with E-state index >= 15 is 0 Å². The third-order valence-corrected chi connectivity index (χ3v) is 6.86. The quantitative estimate of drug-likeness (QED) is 0.665. The molecule has 5 nitrogen and oxygen atoms in total. The molecule has 1 N–H and O–H groups in total. The Morgan fingerprint density at radius 1 is 1.38 bits per heavy atom. The number of rotatable bonds is 10. The van der Waals surface area contributed by atoms with Gasteiger partial charge in [-0.15, -0.1) is 11.3 Å². The second-order valence-corrected chi connectivity index (χ2v) is 8.44. The monoisotopic (exact) mass is 334 g/mol. The van der Waals surface area contributed by atoms with Crippen molar-refractivity contribution in [3.63, 3.8) is 0 Å². The van der Waals surface area contributed by atoms with E-state index in [1.165, 1.54) is 15.6 Å². The van der Waals surface area contributed by atoms with Crippen molar-refractivity contribution in [1.29, 1.82) is 0 Å². The van der Waals surface area contributed by atoms with Gasteiger partial charge in [0.15, 0.2) is 0 Å². The summed E-state index contributed by atoms with van der Waals surface area (Å²) in [5.74, 6) is 0. The van der Waals surface area contributed by atoms with Crippen molar-refractivity contribution < 1.29 is 13.2 Å². The molecule has 0 fully saturated rings. The maximum absolute atomic E-state index is 12.5. The van der Waals surface area contributed by atoms with Gasteiger partial charge in [0.05, 0.1) is 6.61 Å². The molecule has 21 heavy (non-hydrogen) atoms. The fraction of sp³-hybridized carbons (Fsp3) is 0.714. The van der Waals surface area contributed by atoms with Crippen LogP contribution in [-0.4, -0.2) is 52.6 Å². The fourth-order valence-corrected chi connectivity index (χ4v) is 4.76. The molecule has 1 aromatic rings. The van der Waals surface area contributed by atoms with Crippen LogP contribution in [0.4, 0.5) is 0 Å². The number of thiophene rings is 1. The predicted molar refractivity (Wildman–Crippen MR) is 87.5 cm³/mol. The van der Waals surface area contributed by atoms with E-state index in [0.29, 0.717) is 10.8 Å². The average Bonchev–Trinajstić information content (AvgIpc) is 2.92. The van der Waals surface area contributed by atoms with Gasteiger partial charge in [-0.2, -0.15) is 4.31 Å². The number of ether oxygens (including phenoxy) is 1. The van der Waals surface area contributed by atoms with Crippen molar-refractivity contribution in [3.05, 3.63) is 17.0 Å². The van der Waals surface area contributed by atoms with E-state index in [-0.39, 0.29) is 6.04 Å². The van der Waals surface area contributed by atoms with Gasteiger partial charge < -0.3 is 10.1 Å². The van der Waals surface area contributed by atoms with E-state index in [1.54, 1.807) is 20.2 Å². The van der Waals surface area contributed by atoms with Gasteiger partial charge in [0.25, 0.3) is 10.0 Å². The Morgan fingerprint density at radius 3 is 2.71 bits per heavy atom. The second kappa shape index (κ2) is 8.85. The molecular weight excluding hydrogens is 308 g/mol. The summed E-state index contributed by atoms with van der Waals surface area (Å²) in [6.07, 6.45) is 1.96. The Hall–Kier alpha value is -0.470. The van der Waals surface area contributed by atoms with Crippen molar-refractivity contribution in [2.24, 2.45) is 0 Å². The number of sulfonamides is 1. The van der Waals surface area contributed by atoms with Crippen LogP contribution in [0.25, 0.3) is 0 Å². The highest BCUT2D eigenvalue weighted by Gasteiger charge is 2.26. The summed E-state index contributed by atoms with van der Waals surface area (Å²) >= 11 is 1.35. The molecule has 1 rings (SSSR count). The van der Waals surface area contributed by atoms with Gasteiger partial charge >= 0.3 is 0 Å². The minimum absolute atomic E-state index is 0.184. The van der Waals surface area contributed by atoms with Crippen LogP contribution in [0.3, 0.4) is 0 Å². The molecule has 0 amide bonds. The van der Waals surface area contributed by atoms with E-state index in [2.05, 4.69) is 12.2 Å². The summed E-state index contributed by atoms with van der Waals surface area (Å²) in [6, 6.07) is 3.42. The predicted octanol–water partition coefficient (Wildman–Crippen LogP) is 1.95. The maximum atomic E-state index is 12.5. The number of nitrogens with zero attached hydrogens (tertiary/aromatic N) is 1. The van der Waals surface area contributed by atoms with Crippen molar-refractivity contribution in [1.82, 2.24) is 9.62 Å². The lowest BCUT2D eigenvalue weighted by Crippen LogP contribution is -2.37. The average molecular weight is 335 g/mol. The molecular formula is C14H26N2O3S2. The number of methoxy groups -OCH3 is 1.